The molecule has 10 heteroatoms. The minimum Gasteiger partial charge on any atom is -0.394 e. The zero-order valence-electron chi connectivity index (χ0n) is 20.7. The lowest BCUT2D eigenvalue weighted by Gasteiger charge is -2.50. The Labute approximate surface area is 210 Å². The quantitative estimate of drug-likeness (QED) is 0.423. The van der Waals surface area contributed by atoms with Crippen molar-refractivity contribution in [1.82, 2.24) is 19.8 Å². The third kappa shape index (κ3) is 4.77. The second-order valence-corrected chi connectivity index (χ2v) is 10.4. The molecule has 4 rings (SSSR count). The molecule has 2 aliphatic rings. The molecule has 2 aromatic rings. The molecular weight excluding hydrogens is 462 g/mol. The monoisotopic (exact) mass is 496 g/mol. The number of hydrogen-bond acceptors (Lipinski definition) is 7. The van der Waals surface area contributed by atoms with E-state index in [0.717, 1.165) is 24.0 Å². The van der Waals surface area contributed by atoms with E-state index in [1.807, 2.05) is 19.9 Å². The molecule has 1 amide bonds. The summed E-state index contributed by atoms with van der Waals surface area (Å²) in [6, 6.07) is 3.67. The van der Waals surface area contributed by atoms with E-state index in [2.05, 4.69) is 31.2 Å². The fourth-order valence-electron chi connectivity index (χ4n) is 5.20. The molecule has 186 valence electrons. The number of carbonyl (C=O) groups excluding carboxylic acids is 1. The smallest absolute Gasteiger partial charge is 0.257 e. The van der Waals surface area contributed by atoms with Crippen molar-refractivity contribution in [3.8, 4) is 0 Å². The molecule has 0 bridgehead atoms. The highest BCUT2D eigenvalue weighted by atomic mass is 31.0. The van der Waals surface area contributed by atoms with Crippen LogP contribution in [0.4, 0.5) is 0 Å². The van der Waals surface area contributed by atoms with E-state index < -0.39 is 17.1 Å². The van der Waals surface area contributed by atoms with Crippen molar-refractivity contribution in [2.45, 2.75) is 56.8 Å². The first-order valence-electron chi connectivity index (χ1n) is 12.1. The highest BCUT2D eigenvalue weighted by molar-refractivity contribution is 7.27. The molecule has 3 atom stereocenters. The summed E-state index contributed by atoms with van der Waals surface area (Å²) in [6.45, 7) is 5.51. The molecule has 0 spiro atoms. The Morgan fingerprint density at radius 3 is 2.54 bits per heavy atom. The zero-order chi connectivity index (χ0) is 25.4. The van der Waals surface area contributed by atoms with Crippen LogP contribution in [0.15, 0.2) is 24.5 Å². The molecule has 0 aliphatic carbocycles. The summed E-state index contributed by atoms with van der Waals surface area (Å²) >= 11 is 0. The van der Waals surface area contributed by atoms with Gasteiger partial charge in [0.2, 0.25) is 0 Å². The number of ether oxygens (including phenoxy) is 1. The van der Waals surface area contributed by atoms with Gasteiger partial charge in [0.15, 0.2) is 6.23 Å². The summed E-state index contributed by atoms with van der Waals surface area (Å²) in [6.07, 6.45) is 4.47. The molecule has 2 N–H and O–H groups in total. The van der Waals surface area contributed by atoms with Gasteiger partial charge in [0.1, 0.15) is 5.82 Å². The van der Waals surface area contributed by atoms with E-state index in [1.165, 1.54) is 0 Å². The minimum atomic E-state index is -1.29. The van der Waals surface area contributed by atoms with Crippen LogP contribution >= 0.6 is 9.24 Å². The number of aromatic nitrogens is 2. The van der Waals surface area contributed by atoms with Gasteiger partial charge in [-0.2, -0.15) is 0 Å². The van der Waals surface area contributed by atoms with E-state index in [-0.39, 0.29) is 25.7 Å². The van der Waals surface area contributed by atoms with Crippen molar-refractivity contribution in [3.05, 3.63) is 52.6 Å². The van der Waals surface area contributed by atoms with Crippen molar-refractivity contribution in [1.29, 1.82) is 0 Å². The number of benzene rings is 1. The van der Waals surface area contributed by atoms with E-state index in [9.17, 15) is 15.0 Å². The summed E-state index contributed by atoms with van der Waals surface area (Å²) in [5.41, 5.74) is 1.45. The third-order valence-corrected chi connectivity index (χ3v) is 7.92. The van der Waals surface area contributed by atoms with Gasteiger partial charge < -0.3 is 24.7 Å². The van der Waals surface area contributed by atoms with Gasteiger partial charge in [0, 0.05) is 23.5 Å². The van der Waals surface area contributed by atoms with Crippen molar-refractivity contribution >= 4 is 28.3 Å². The number of carbonyl (C=O) groups is 1. The lowest BCUT2D eigenvalue weighted by Crippen LogP contribution is -2.47. The summed E-state index contributed by atoms with van der Waals surface area (Å²) in [5.74, 6) is 0.266. The van der Waals surface area contributed by atoms with Crippen LogP contribution in [0, 0.1) is 6.92 Å². The van der Waals surface area contributed by atoms with Crippen LogP contribution in [0.3, 0.4) is 0 Å². The summed E-state index contributed by atoms with van der Waals surface area (Å²) < 4.78 is 5.93. The van der Waals surface area contributed by atoms with E-state index in [4.69, 9.17) is 12.6 Å². The maximum Gasteiger partial charge on any atom is 0.257 e. The highest BCUT2D eigenvalue weighted by Crippen LogP contribution is 2.53. The number of piperidine rings is 1. The predicted molar refractivity (Wildman–Crippen MR) is 138 cm³/mol. The van der Waals surface area contributed by atoms with Crippen molar-refractivity contribution in [2.24, 2.45) is 0 Å². The normalized spacial score (nSPS) is 21.7. The summed E-state index contributed by atoms with van der Waals surface area (Å²) in [5, 5.41) is 21.3. The van der Waals surface area contributed by atoms with Crippen LogP contribution in [0.5, 0.6) is 0 Å². The van der Waals surface area contributed by atoms with Crippen molar-refractivity contribution < 1.29 is 19.7 Å². The molecule has 3 unspecified atom stereocenters. The average molecular weight is 496 g/mol. The van der Waals surface area contributed by atoms with Gasteiger partial charge in [-0.3, -0.25) is 4.79 Å². The Hall–Kier alpha value is -1.90. The van der Waals surface area contributed by atoms with Crippen LogP contribution in [0.25, 0.3) is 0 Å². The van der Waals surface area contributed by atoms with Crippen LogP contribution < -0.4 is 5.30 Å². The molecule has 0 saturated carbocycles. The average Bonchev–Trinajstić information content (AvgIpc) is 3.11. The van der Waals surface area contributed by atoms with Gasteiger partial charge in [-0.05, 0) is 80.2 Å². The molecular formula is C25H34BN4O4P. The van der Waals surface area contributed by atoms with Crippen molar-refractivity contribution in [3.63, 3.8) is 0 Å². The molecule has 1 aromatic carbocycles. The second kappa shape index (κ2) is 10.2. The topological polar surface area (TPSA) is 99.0 Å². The number of likely N-dealkylation sites (tertiary alicyclic amines) is 1. The molecule has 2 aliphatic heterocycles. The van der Waals surface area contributed by atoms with Crippen LogP contribution in [0.1, 0.15) is 65.3 Å². The van der Waals surface area contributed by atoms with Gasteiger partial charge in [-0.15, -0.1) is 9.24 Å². The van der Waals surface area contributed by atoms with E-state index >= 15 is 0 Å². The maximum atomic E-state index is 13.7. The molecule has 1 saturated heterocycles. The molecule has 8 nitrogen and oxygen atoms in total. The standard InChI is InChI=1S/C25H34BN4O4P/c1-4-25(33,24(26)5-7-29(3)8-6-24)17-11-18-21(19(35)12-17)23(34-10-9-31)30(22(18)32)15-20-27-13-16(2)14-28-20/h11-14,23,31,33H,4-10,15,35H2,1-3H3. The Balaban J connectivity index is 1.74. The van der Waals surface area contributed by atoms with Crippen LogP contribution in [-0.4, -0.2) is 77.1 Å². The number of hydrogen-bond donors (Lipinski definition) is 2. The van der Waals surface area contributed by atoms with Gasteiger partial charge in [-0.25, -0.2) is 9.97 Å². The Bertz CT molecular complexity index is 1080. The van der Waals surface area contributed by atoms with Crippen LogP contribution in [-0.2, 0) is 16.9 Å². The number of nitrogens with zero attached hydrogens (tertiary/aromatic N) is 4. The fraction of sp³-hybridized carbons (Fsp3) is 0.560. The van der Waals surface area contributed by atoms with Crippen molar-refractivity contribution in [2.75, 3.05) is 33.4 Å². The van der Waals surface area contributed by atoms with Gasteiger partial charge in [-0.1, -0.05) is 6.92 Å². The first-order chi connectivity index (χ1) is 16.6. The Morgan fingerprint density at radius 1 is 1.29 bits per heavy atom. The molecule has 1 fully saturated rings. The maximum absolute atomic E-state index is 13.7. The first-order valence-corrected chi connectivity index (χ1v) is 12.7. The Kier molecular flexibility index (Phi) is 7.65. The van der Waals surface area contributed by atoms with Gasteiger partial charge in [0.25, 0.3) is 5.91 Å². The second-order valence-electron chi connectivity index (χ2n) is 9.76. The lowest BCUT2D eigenvalue weighted by atomic mass is 9.51. The molecule has 35 heavy (non-hydrogen) atoms. The third-order valence-electron chi connectivity index (χ3n) is 7.44. The lowest BCUT2D eigenvalue weighted by molar-refractivity contribution is -0.0536. The number of aliphatic hydroxyl groups excluding tert-OH is 1. The van der Waals surface area contributed by atoms with Gasteiger partial charge >= 0.3 is 0 Å². The number of aryl methyl sites for hydroxylation is 1. The minimum absolute atomic E-state index is 0.0762. The SMILES string of the molecule is [B]C1(C(O)(CC)c2cc(P)c3c(c2)C(=O)N(Cc2ncc(C)cn2)C3OCCO)CCN(C)CC1. The van der Waals surface area contributed by atoms with Crippen LogP contribution in [0.2, 0.25) is 5.31 Å². The summed E-state index contributed by atoms with van der Waals surface area (Å²) in [4.78, 5) is 26.1. The Morgan fingerprint density at radius 2 is 1.94 bits per heavy atom. The largest absolute Gasteiger partial charge is 0.394 e. The van der Waals surface area contributed by atoms with E-state index in [0.29, 0.717) is 41.8 Å². The predicted octanol–water partition coefficient (Wildman–Crippen LogP) is 1.60. The highest BCUT2D eigenvalue weighted by Gasteiger charge is 2.49. The zero-order valence-corrected chi connectivity index (χ0v) is 21.9. The number of aliphatic hydroxyl groups is 2. The molecule has 2 radical (unpaired) electrons. The fourth-order valence-corrected chi connectivity index (χ4v) is 5.68. The number of amides is 1. The first kappa shape index (κ1) is 26.2. The molecule has 3 heterocycles. The van der Waals surface area contributed by atoms with E-state index in [1.54, 1.807) is 23.4 Å². The number of rotatable bonds is 8. The number of fused-ring (bicyclic) bond motifs is 1. The summed E-state index contributed by atoms with van der Waals surface area (Å²) in [7, 11) is 11.6. The molecule has 1 aromatic heterocycles. The van der Waals surface area contributed by atoms with Gasteiger partial charge in [0.05, 0.1) is 33.2 Å².